The molecule has 0 atom stereocenters. The molecule has 0 heterocycles. The first-order valence-electron chi connectivity index (χ1n) is 8.27. The molecule has 0 saturated heterocycles. The molecule has 0 aliphatic carbocycles. The van der Waals surface area contributed by atoms with E-state index < -0.39 is 24.3 Å². The van der Waals surface area contributed by atoms with E-state index in [2.05, 4.69) is 5.32 Å². The highest BCUT2D eigenvalue weighted by atomic mass is 19.1. The largest absolute Gasteiger partial charge is 0.493 e. The van der Waals surface area contributed by atoms with Crippen LogP contribution in [0.15, 0.2) is 36.4 Å². The molecule has 0 saturated carbocycles. The summed E-state index contributed by atoms with van der Waals surface area (Å²) in [4.78, 5) is 23.5. The van der Waals surface area contributed by atoms with E-state index in [1.54, 1.807) is 13.0 Å². The minimum atomic E-state index is -0.540. The molecule has 5 nitrogen and oxygen atoms in total. The molecule has 0 radical (unpaired) electrons. The first kappa shape index (κ1) is 19.4. The average molecular weight is 359 g/mol. The second-order valence-electron chi connectivity index (χ2n) is 6.04. The lowest BCUT2D eigenvalue weighted by atomic mass is 10.1. The van der Waals surface area contributed by atoms with Gasteiger partial charge in [0.2, 0.25) is 0 Å². The van der Waals surface area contributed by atoms with Crippen LogP contribution in [0.1, 0.15) is 23.1 Å². The molecule has 0 bridgehead atoms. The summed E-state index contributed by atoms with van der Waals surface area (Å²) < 4.78 is 23.7. The third-order valence-electron chi connectivity index (χ3n) is 3.75. The summed E-state index contributed by atoms with van der Waals surface area (Å²) in [5.41, 5.74) is 3.11. The molecular weight excluding hydrogens is 337 g/mol. The van der Waals surface area contributed by atoms with E-state index >= 15 is 0 Å². The van der Waals surface area contributed by atoms with Gasteiger partial charge in [-0.2, -0.15) is 0 Å². The van der Waals surface area contributed by atoms with Gasteiger partial charge in [0, 0.05) is 5.69 Å². The molecule has 138 valence electrons. The number of carbonyl (C=O) groups is 2. The Balaban J connectivity index is 1.73. The first-order valence-corrected chi connectivity index (χ1v) is 8.27. The fraction of sp³-hybridized carbons (Fsp3) is 0.300. The molecule has 0 aliphatic heterocycles. The Morgan fingerprint density at radius 3 is 2.54 bits per heavy atom. The standard InChI is InChI=1S/C20H22FNO4/c1-13-4-5-15(3)18(10-13)25-9-8-20(24)26-12-19(23)22-17-11-16(21)7-6-14(17)2/h4-7,10-11H,8-9,12H2,1-3H3,(H,22,23). The monoisotopic (exact) mass is 359 g/mol. The number of hydrogen-bond acceptors (Lipinski definition) is 4. The average Bonchev–Trinajstić information content (AvgIpc) is 2.59. The van der Waals surface area contributed by atoms with Crippen LogP contribution in [-0.4, -0.2) is 25.1 Å². The van der Waals surface area contributed by atoms with Crippen molar-refractivity contribution in [2.45, 2.75) is 27.2 Å². The summed E-state index contributed by atoms with van der Waals surface area (Å²) in [6, 6.07) is 9.90. The molecule has 0 spiro atoms. The molecule has 2 aromatic carbocycles. The van der Waals surface area contributed by atoms with E-state index in [1.165, 1.54) is 12.1 Å². The minimum Gasteiger partial charge on any atom is -0.493 e. The number of nitrogens with one attached hydrogen (secondary N) is 1. The summed E-state index contributed by atoms with van der Waals surface area (Å²) in [7, 11) is 0. The van der Waals surface area contributed by atoms with Gasteiger partial charge in [-0.05, 0) is 55.7 Å². The molecule has 26 heavy (non-hydrogen) atoms. The molecule has 2 rings (SSSR count). The highest BCUT2D eigenvalue weighted by Crippen LogP contribution is 2.19. The fourth-order valence-corrected chi connectivity index (χ4v) is 2.24. The maximum absolute atomic E-state index is 13.2. The number of ether oxygens (including phenoxy) is 2. The van der Waals surface area contributed by atoms with Crippen molar-refractivity contribution in [2.75, 3.05) is 18.5 Å². The fourth-order valence-electron chi connectivity index (χ4n) is 2.24. The van der Waals surface area contributed by atoms with Crippen LogP contribution in [0.25, 0.3) is 0 Å². The van der Waals surface area contributed by atoms with Gasteiger partial charge in [-0.1, -0.05) is 18.2 Å². The number of rotatable bonds is 7. The molecule has 0 aromatic heterocycles. The van der Waals surface area contributed by atoms with Gasteiger partial charge in [0.05, 0.1) is 13.0 Å². The predicted octanol–water partition coefficient (Wildman–Crippen LogP) is 3.70. The zero-order valence-corrected chi connectivity index (χ0v) is 15.1. The molecular formula is C20H22FNO4. The van der Waals surface area contributed by atoms with Crippen LogP contribution in [0, 0.1) is 26.6 Å². The second-order valence-corrected chi connectivity index (χ2v) is 6.04. The van der Waals surface area contributed by atoms with Crippen molar-refractivity contribution in [3.63, 3.8) is 0 Å². The van der Waals surface area contributed by atoms with Crippen LogP contribution < -0.4 is 10.1 Å². The SMILES string of the molecule is Cc1ccc(C)c(OCCC(=O)OCC(=O)Nc2cc(F)ccc2C)c1. The molecule has 0 fully saturated rings. The lowest BCUT2D eigenvalue weighted by molar-refractivity contribution is -0.147. The van der Waals surface area contributed by atoms with Crippen molar-refractivity contribution in [2.24, 2.45) is 0 Å². The number of carbonyl (C=O) groups excluding carboxylic acids is 2. The maximum Gasteiger partial charge on any atom is 0.309 e. The van der Waals surface area contributed by atoms with E-state index in [4.69, 9.17) is 9.47 Å². The lowest BCUT2D eigenvalue weighted by Gasteiger charge is -2.11. The van der Waals surface area contributed by atoms with Crippen molar-refractivity contribution in [3.8, 4) is 5.75 Å². The van der Waals surface area contributed by atoms with Crippen LogP contribution in [-0.2, 0) is 14.3 Å². The Morgan fingerprint density at radius 2 is 1.77 bits per heavy atom. The summed E-state index contributed by atoms with van der Waals surface area (Å²) in [6.07, 6.45) is 0.0274. The topological polar surface area (TPSA) is 64.6 Å². The third-order valence-corrected chi connectivity index (χ3v) is 3.75. The Morgan fingerprint density at radius 1 is 1.04 bits per heavy atom. The Bertz CT molecular complexity index is 804. The van der Waals surface area contributed by atoms with Crippen LogP contribution in [0.5, 0.6) is 5.75 Å². The number of aryl methyl sites for hydroxylation is 3. The van der Waals surface area contributed by atoms with Gasteiger partial charge in [-0.3, -0.25) is 9.59 Å². The van der Waals surface area contributed by atoms with Gasteiger partial charge in [0.25, 0.3) is 5.91 Å². The maximum atomic E-state index is 13.2. The number of anilines is 1. The molecule has 2 aromatic rings. The molecule has 1 amide bonds. The first-order chi connectivity index (χ1) is 12.3. The Labute approximate surface area is 152 Å². The van der Waals surface area contributed by atoms with Crippen molar-refractivity contribution in [3.05, 3.63) is 58.9 Å². The van der Waals surface area contributed by atoms with Gasteiger partial charge >= 0.3 is 5.97 Å². The van der Waals surface area contributed by atoms with E-state index in [-0.39, 0.29) is 13.0 Å². The number of esters is 1. The molecule has 1 N–H and O–H groups in total. The lowest BCUT2D eigenvalue weighted by Crippen LogP contribution is -2.22. The number of halogens is 1. The zero-order chi connectivity index (χ0) is 19.1. The van der Waals surface area contributed by atoms with Gasteiger partial charge in [-0.15, -0.1) is 0 Å². The summed E-state index contributed by atoms with van der Waals surface area (Å²) in [5, 5.41) is 2.51. The van der Waals surface area contributed by atoms with E-state index in [0.29, 0.717) is 11.3 Å². The van der Waals surface area contributed by atoms with E-state index in [1.807, 2.05) is 32.0 Å². The van der Waals surface area contributed by atoms with Gasteiger partial charge in [0.1, 0.15) is 11.6 Å². The normalized spacial score (nSPS) is 10.3. The summed E-state index contributed by atoms with van der Waals surface area (Å²) >= 11 is 0. The highest BCUT2D eigenvalue weighted by Gasteiger charge is 2.10. The van der Waals surface area contributed by atoms with Crippen LogP contribution in [0.3, 0.4) is 0 Å². The van der Waals surface area contributed by atoms with Crippen LogP contribution in [0.4, 0.5) is 10.1 Å². The highest BCUT2D eigenvalue weighted by molar-refractivity contribution is 5.93. The quantitative estimate of drug-likeness (QED) is 0.766. The third kappa shape index (κ3) is 5.88. The van der Waals surface area contributed by atoms with Crippen molar-refractivity contribution in [1.29, 1.82) is 0 Å². The van der Waals surface area contributed by atoms with Gasteiger partial charge in [0.15, 0.2) is 6.61 Å². The van der Waals surface area contributed by atoms with Crippen molar-refractivity contribution >= 4 is 17.6 Å². The van der Waals surface area contributed by atoms with Gasteiger partial charge < -0.3 is 14.8 Å². The molecule has 0 unspecified atom stereocenters. The smallest absolute Gasteiger partial charge is 0.309 e. The Kier molecular flexibility index (Phi) is 6.72. The molecule has 0 aliphatic rings. The van der Waals surface area contributed by atoms with E-state index in [9.17, 15) is 14.0 Å². The number of benzene rings is 2. The zero-order valence-electron chi connectivity index (χ0n) is 15.1. The van der Waals surface area contributed by atoms with Crippen molar-refractivity contribution < 1.29 is 23.5 Å². The van der Waals surface area contributed by atoms with Crippen molar-refractivity contribution in [1.82, 2.24) is 0 Å². The second kappa shape index (κ2) is 8.99. The van der Waals surface area contributed by atoms with E-state index in [0.717, 1.165) is 16.9 Å². The summed E-state index contributed by atoms with van der Waals surface area (Å²) in [6.45, 7) is 5.35. The van der Waals surface area contributed by atoms with Gasteiger partial charge in [-0.25, -0.2) is 4.39 Å². The number of hydrogen-bond donors (Lipinski definition) is 1. The molecule has 6 heteroatoms. The predicted molar refractivity (Wildman–Crippen MR) is 96.8 cm³/mol. The summed E-state index contributed by atoms with van der Waals surface area (Å²) in [5.74, 6) is -0.799. The minimum absolute atomic E-state index is 0.0274. The number of amides is 1. The Hall–Kier alpha value is -2.89. The van der Waals surface area contributed by atoms with Crippen LogP contribution in [0.2, 0.25) is 0 Å². The van der Waals surface area contributed by atoms with Crippen LogP contribution >= 0.6 is 0 Å².